The van der Waals surface area contributed by atoms with Crippen LogP contribution in [0.1, 0.15) is 11.3 Å². The van der Waals surface area contributed by atoms with Crippen LogP contribution in [0.15, 0.2) is 36.5 Å². The lowest BCUT2D eigenvalue weighted by atomic mass is 10.2. The van der Waals surface area contributed by atoms with E-state index in [0.29, 0.717) is 5.56 Å². The fourth-order valence-electron chi connectivity index (χ4n) is 1.63. The van der Waals surface area contributed by atoms with Crippen molar-refractivity contribution in [3.8, 4) is 6.07 Å². The highest BCUT2D eigenvalue weighted by Gasteiger charge is 1.97. The van der Waals surface area contributed by atoms with Crippen LogP contribution in [0.25, 0.3) is 0 Å². The normalized spacial score (nSPS) is 9.88. The van der Waals surface area contributed by atoms with E-state index < -0.39 is 0 Å². The molecule has 4 heteroatoms. The summed E-state index contributed by atoms with van der Waals surface area (Å²) < 4.78 is 1.80. The number of aromatic nitrogens is 2. The van der Waals surface area contributed by atoms with Gasteiger partial charge >= 0.3 is 0 Å². The Morgan fingerprint density at radius 2 is 2.29 bits per heavy atom. The van der Waals surface area contributed by atoms with Crippen molar-refractivity contribution in [3.05, 3.63) is 47.8 Å². The maximum absolute atomic E-state index is 8.78. The van der Waals surface area contributed by atoms with Gasteiger partial charge in [-0.15, -0.1) is 0 Å². The number of aryl methyl sites for hydroxylation is 1. The summed E-state index contributed by atoms with van der Waals surface area (Å²) >= 11 is 0. The van der Waals surface area contributed by atoms with Crippen molar-refractivity contribution in [1.82, 2.24) is 9.78 Å². The maximum Gasteiger partial charge on any atom is 0.0992 e. The van der Waals surface area contributed by atoms with E-state index in [4.69, 9.17) is 5.26 Å². The molecule has 2 aromatic rings. The molecule has 0 unspecified atom stereocenters. The predicted molar refractivity (Wildman–Crippen MR) is 66.6 cm³/mol. The number of benzene rings is 1. The Hall–Kier alpha value is -2.28. The number of rotatable bonds is 4. The van der Waals surface area contributed by atoms with Gasteiger partial charge in [0.05, 0.1) is 17.3 Å². The van der Waals surface area contributed by atoms with Crippen LogP contribution in [0.5, 0.6) is 0 Å². The Balaban J connectivity index is 1.88. The number of nitrogens with zero attached hydrogens (tertiary/aromatic N) is 3. The zero-order chi connectivity index (χ0) is 12.1. The third kappa shape index (κ3) is 3.08. The van der Waals surface area contributed by atoms with Gasteiger partial charge in [0.15, 0.2) is 0 Å². The van der Waals surface area contributed by atoms with Crippen LogP contribution in [0, 0.1) is 11.3 Å². The summed E-state index contributed by atoms with van der Waals surface area (Å²) in [5, 5.41) is 16.4. The van der Waals surface area contributed by atoms with Gasteiger partial charge in [0.2, 0.25) is 0 Å². The second-order valence-corrected chi connectivity index (χ2v) is 3.85. The molecule has 0 atom stereocenters. The van der Waals surface area contributed by atoms with Crippen molar-refractivity contribution in [3.63, 3.8) is 0 Å². The van der Waals surface area contributed by atoms with Crippen molar-refractivity contribution >= 4 is 5.69 Å². The van der Waals surface area contributed by atoms with Crippen molar-refractivity contribution < 1.29 is 0 Å². The van der Waals surface area contributed by atoms with Gasteiger partial charge in [-0.2, -0.15) is 10.4 Å². The Morgan fingerprint density at radius 3 is 3.00 bits per heavy atom. The average Bonchev–Trinajstić information content (AvgIpc) is 2.75. The van der Waals surface area contributed by atoms with Crippen LogP contribution in [0.2, 0.25) is 0 Å². The quantitative estimate of drug-likeness (QED) is 0.866. The molecule has 1 N–H and O–H groups in total. The Labute approximate surface area is 100 Å². The molecule has 0 aliphatic rings. The zero-order valence-electron chi connectivity index (χ0n) is 9.72. The molecule has 4 nitrogen and oxygen atoms in total. The van der Waals surface area contributed by atoms with Gasteiger partial charge in [-0.25, -0.2) is 0 Å². The van der Waals surface area contributed by atoms with Crippen molar-refractivity contribution in [1.29, 1.82) is 5.26 Å². The lowest BCUT2D eigenvalue weighted by Gasteiger charge is -2.04. The first-order valence-corrected chi connectivity index (χ1v) is 5.50. The molecule has 1 aromatic heterocycles. The van der Waals surface area contributed by atoms with Gasteiger partial charge in [-0.3, -0.25) is 4.68 Å². The molecule has 17 heavy (non-hydrogen) atoms. The number of nitrogens with one attached hydrogen (secondary N) is 1. The highest BCUT2D eigenvalue weighted by Crippen LogP contribution is 2.09. The summed E-state index contributed by atoms with van der Waals surface area (Å²) in [6, 6.07) is 11.6. The van der Waals surface area contributed by atoms with Crippen molar-refractivity contribution in [2.24, 2.45) is 7.05 Å². The molecule has 0 radical (unpaired) electrons. The standard InChI is InChI=1S/C13H14N4/c1-17-8-6-12(16-17)5-7-15-13-4-2-3-11(9-13)10-14/h2-4,6,8-9,15H,5,7H2,1H3. The van der Waals surface area contributed by atoms with Crippen LogP contribution < -0.4 is 5.32 Å². The largest absolute Gasteiger partial charge is 0.385 e. The fourth-order valence-corrected chi connectivity index (χ4v) is 1.63. The van der Waals surface area contributed by atoms with Gasteiger partial charge in [0.1, 0.15) is 0 Å². The molecule has 1 aromatic carbocycles. The van der Waals surface area contributed by atoms with Crippen molar-refractivity contribution in [2.45, 2.75) is 6.42 Å². The van der Waals surface area contributed by atoms with E-state index >= 15 is 0 Å². The van der Waals surface area contributed by atoms with E-state index in [-0.39, 0.29) is 0 Å². The van der Waals surface area contributed by atoms with Crippen LogP contribution in [0.4, 0.5) is 5.69 Å². The molecule has 1 heterocycles. The van der Waals surface area contributed by atoms with Gasteiger partial charge in [0, 0.05) is 31.9 Å². The molecular weight excluding hydrogens is 212 g/mol. The zero-order valence-corrected chi connectivity index (χ0v) is 9.72. The minimum Gasteiger partial charge on any atom is -0.385 e. The first-order valence-electron chi connectivity index (χ1n) is 5.50. The lowest BCUT2D eigenvalue weighted by molar-refractivity contribution is 0.742. The first-order chi connectivity index (χ1) is 8.28. The lowest BCUT2D eigenvalue weighted by Crippen LogP contribution is -2.05. The van der Waals surface area contributed by atoms with Gasteiger partial charge in [-0.1, -0.05) is 6.07 Å². The van der Waals surface area contributed by atoms with E-state index in [1.807, 2.05) is 37.5 Å². The molecule has 86 valence electrons. The van der Waals surface area contributed by atoms with E-state index in [1.54, 1.807) is 10.7 Å². The van der Waals surface area contributed by atoms with Gasteiger partial charge in [0.25, 0.3) is 0 Å². The summed E-state index contributed by atoms with van der Waals surface area (Å²) in [5.74, 6) is 0. The SMILES string of the molecule is Cn1ccc(CCNc2cccc(C#N)c2)n1. The summed E-state index contributed by atoms with van der Waals surface area (Å²) in [6.45, 7) is 0.811. The first kappa shape index (κ1) is 11.2. The van der Waals surface area contributed by atoms with Crippen LogP contribution in [-0.2, 0) is 13.5 Å². The molecule has 0 saturated carbocycles. The Bertz CT molecular complexity index is 536. The van der Waals surface area contributed by atoms with E-state index in [9.17, 15) is 0 Å². The second kappa shape index (κ2) is 5.17. The van der Waals surface area contributed by atoms with Gasteiger partial charge < -0.3 is 5.32 Å². The monoisotopic (exact) mass is 226 g/mol. The third-order valence-corrected chi connectivity index (χ3v) is 2.47. The summed E-state index contributed by atoms with van der Waals surface area (Å²) in [4.78, 5) is 0. The number of anilines is 1. The summed E-state index contributed by atoms with van der Waals surface area (Å²) in [5.41, 5.74) is 2.71. The average molecular weight is 226 g/mol. The Morgan fingerprint density at radius 1 is 1.41 bits per heavy atom. The van der Waals surface area contributed by atoms with Gasteiger partial charge in [-0.05, 0) is 24.3 Å². The van der Waals surface area contributed by atoms with Crippen LogP contribution >= 0.6 is 0 Å². The minimum absolute atomic E-state index is 0.674. The molecule has 0 aliphatic heterocycles. The molecule has 0 amide bonds. The molecule has 0 saturated heterocycles. The molecule has 0 fully saturated rings. The maximum atomic E-state index is 8.78. The number of hydrogen-bond acceptors (Lipinski definition) is 3. The topological polar surface area (TPSA) is 53.6 Å². The number of nitriles is 1. The highest BCUT2D eigenvalue weighted by molar-refractivity contribution is 5.49. The molecule has 0 aliphatic carbocycles. The van der Waals surface area contributed by atoms with Crippen molar-refractivity contribution in [2.75, 3.05) is 11.9 Å². The van der Waals surface area contributed by atoms with E-state index in [1.165, 1.54) is 0 Å². The highest BCUT2D eigenvalue weighted by atomic mass is 15.2. The van der Waals surface area contributed by atoms with E-state index in [0.717, 1.165) is 24.3 Å². The molecule has 0 bridgehead atoms. The molecule has 0 spiro atoms. The smallest absolute Gasteiger partial charge is 0.0992 e. The minimum atomic E-state index is 0.674. The second-order valence-electron chi connectivity index (χ2n) is 3.85. The van der Waals surface area contributed by atoms with E-state index in [2.05, 4.69) is 16.5 Å². The molecule has 2 rings (SSSR count). The van der Waals surface area contributed by atoms with Crippen LogP contribution in [-0.4, -0.2) is 16.3 Å². The summed E-state index contributed by atoms with van der Waals surface area (Å²) in [6.07, 6.45) is 2.81. The summed E-state index contributed by atoms with van der Waals surface area (Å²) in [7, 11) is 1.91. The Kier molecular flexibility index (Phi) is 3.41. The van der Waals surface area contributed by atoms with Crippen LogP contribution in [0.3, 0.4) is 0 Å². The predicted octanol–water partition coefficient (Wildman–Crippen LogP) is 1.95. The fraction of sp³-hybridized carbons (Fsp3) is 0.231. The number of hydrogen-bond donors (Lipinski definition) is 1. The molecular formula is C13H14N4. The third-order valence-electron chi connectivity index (χ3n) is 2.47.